The first-order valence-corrected chi connectivity index (χ1v) is 9.41. The van der Waals surface area contributed by atoms with Crippen LogP contribution in [0.25, 0.3) is 11.5 Å². The molecule has 0 spiro atoms. The van der Waals surface area contributed by atoms with E-state index < -0.39 is 9.84 Å². The lowest BCUT2D eigenvalue weighted by Gasteiger charge is -2.09. The van der Waals surface area contributed by atoms with E-state index in [4.69, 9.17) is 4.42 Å². The molecule has 1 heterocycles. The molecule has 7 heteroatoms. The maximum atomic E-state index is 12.9. The van der Waals surface area contributed by atoms with Gasteiger partial charge in [-0.1, -0.05) is 40.2 Å². The van der Waals surface area contributed by atoms with Crippen LogP contribution in [0.3, 0.4) is 0 Å². The van der Waals surface area contributed by atoms with E-state index in [9.17, 15) is 8.42 Å². The number of anilines is 1. The van der Waals surface area contributed by atoms with Crippen LogP contribution in [0.2, 0.25) is 0 Å². The highest BCUT2D eigenvalue weighted by Gasteiger charge is 2.29. The number of oxazole rings is 1. The smallest absolute Gasteiger partial charge is 0.235 e. The van der Waals surface area contributed by atoms with E-state index in [2.05, 4.69) is 20.9 Å². The lowest BCUT2D eigenvalue weighted by Crippen LogP contribution is -2.13. The lowest BCUT2D eigenvalue weighted by molar-refractivity contribution is 0.564. The Labute approximate surface area is 149 Å². The molecule has 0 fully saturated rings. The molecule has 5 nitrogen and oxygen atoms in total. The first-order chi connectivity index (χ1) is 11.4. The third-order valence-electron chi connectivity index (χ3n) is 3.37. The van der Waals surface area contributed by atoms with Crippen molar-refractivity contribution in [3.63, 3.8) is 0 Å². The van der Waals surface area contributed by atoms with Gasteiger partial charge in [0.1, 0.15) is 0 Å². The van der Waals surface area contributed by atoms with Crippen LogP contribution in [-0.4, -0.2) is 27.5 Å². The maximum Gasteiger partial charge on any atom is 0.235 e. The fourth-order valence-corrected chi connectivity index (χ4v) is 4.01. The molecular weight excluding hydrogens is 392 g/mol. The number of benzene rings is 2. The standard InChI is InChI=1S/C17H15BrN2O3S/c1-20(2)17-16(24(21,22)14-9-4-3-5-10-14)19-15(23-17)12-7-6-8-13(18)11-12/h3-11H,1-2H3. The van der Waals surface area contributed by atoms with Crippen molar-refractivity contribution in [2.24, 2.45) is 0 Å². The largest absolute Gasteiger partial charge is 0.419 e. The van der Waals surface area contributed by atoms with Gasteiger partial charge >= 0.3 is 0 Å². The molecule has 0 saturated heterocycles. The molecule has 24 heavy (non-hydrogen) atoms. The van der Waals surface area contributed by atoms with Crippen molar-refractivity contribution in [1.29, 1.82) is 0 Å². The Balaban J connectivity index is 2.18. The molecule has 0 amide bonds. The minimum Gasteiger partial charge on any atom is -0.419 e. The number of halogens is 1. The zero-order chi connectivity index (χ0) is 17.3. The molecule has 0 N–H and O–H groups in total. The van der Waals surface area contributed by atoms with Gasteiger partial charge in [0.15, 0.2) is 0 Å². The van der Waals surface area contributed by atoms with E-state index in [1.165, 1.54) is 0 Å². The van der Waals surface area contributed by atoms with Crippen molar-refractivity contribution in [1.82, 2.24) is 4.98 Å². The zero-order valence-electron chi connectivity index (χ0n) is 13.1. The van der Waals surface area contributed by atoms with Crippen LogP contribution in [0.1, 0.15) is 0 Å². The molecule has 3 aromatic rings. The Kier molecular flexibility index (Phi) is 4.47. The molecule has 0 radical (unpaired) electrons. The fraction of sp³-hybridized carbons (Fsp3) is 0.118. The van der Waals surface area contributed by atoms with Gasteiger partial charge in [0.25, 0.3) is 0 Å². The number of hydrogen-bond acceptors (Lipinski definition) is 5. The fourth-order valence-electron chi connectivity index (χ4n) is 2.21. The second-order valence-electron chi connectivity index (χ2n) is 5.35. The zero-order valence-corrected chi connectivity index (χ0v) is 15.5. The molecule has 124 valence electrons. The summed E-state index contributed by atoms with van der Waals surface area (Å²) in [6.45, 7) is 0. The Morgan fingerprint density at radius 2 is 1.75 bits per heavy atom. The van der Waals surface area contributed by atoms with Gasteiger partial charge in [0.2, 0.25) is 26.6 Å². The van der Waals surface area contributed by atoms with Crippen LogP contribution in [0.4, 0.5) is 5.88 Å². The monoisotopic (exact) mass is 406 g/mol. The summed E-state index contributed by atoms with van der Waals surface area (Å²) in [6.07, 6.45) is 0. The predicted octanol–water partition coefficient (Wildman–Crippen LogP) is 4.00. The van der Waals surface area contributed by atoms with Crippen molar-refractivity contribution in [2.45, 2.75) is 9.92 Å². The topological polar surface area (TPSA) is 63.4 Å². The average molecular weight is 407 g/mol. The van der Waals surface area contributed by atoms with Crippen LogP contribution in [0.5, 0.6) is 0 Å². The highest BCUT2D eigenvalue weighted by molar-refractivity contribution is 9.10. The van der Waals surface area contributed by atoms with Gasteiger partial charge in [-0.05, 0) is 30.3 Å². The van der Waals surface area contributed by atoms with E-state index in [0.29, 0.717) is 5.56 Å². The molecule has 0 bridgehead atoms. The second kappa shape index (κ2) is 6.41. The van der Waals surface area contributed by atoms with E-state index >= 15 is 0 Å². The Morgan fingerprint density at radius 1 is 1.04 bits per heavy atom. The Bertz CT molecular complexity index is 967. The summed E-state index contributed by atoms with van der Waals surface area (Å²) in [6, 6.07) is 15.6. The van der Waals surface area contributed by atoms with E-state index in [0.717, 1.165) is 4.47 Å². The van der Waals surface area contributed by atoms with Crippen molar-refractivity contribution >= 4 is 31.7 Å². The number of nitrogens with zero attached hydrogens (tertiary/aromatic N) is 2. The predicted molar refractivity (Wildman–Crippen MR) is 95.9 cm³/mol. The summed E-state index contributed by atoms with van der Waals surface area (Å²) >= 11 is 3.39. The molecule has 2 aromatic carbocycles. The van der Waals surface area contributed by atoms with Crippen molar-refractivity contribution in [2.75, 3.05) is 19.0 Å². The van der Waals surface area contributed by atoms with Gasteiger partial charge in [-0.2, -0.15) is 4.98 Å². The molecular formula is C17H15BrN2O3S. The van der Waals surface area contributed by atoms with Crippen LogP contribution in [0.15, 0.2) is 73.4 Å². The number of aromatic nitrogens is 1. The normalized spacial score (nSPS) is 11.5. The highest BCUT2D eigenvalue weighted by Crippen LogP contribution is 2.34. The number of hydrogen-bond donors (Lipinski definition) is 0. The molecule has 0 aliphatic heterocycles. The van der Waals surface area contributed by atoms with Crippen molar-refractivity contribution in [3.05, 3.63) is 59.1 Å². The quantitative estimate of drug-likeness (QED) is 0.654. The third kappa shape index (κ3) is 3.09. The average Bonchev–Trinajstić information content (AvgIpc) is 3.02. The summed E-state index contributed by atoms with van der Waals surface area (Å²) in [7, 11) is -0.335. The first-order valence-electron chi connectivity index (χ1n) is 7.14. The van der Waals surface area contributed by atoms with Gasteiger partial charge in [-0.15, -0.1) is 0 Å². The molecule has 0 saturated carbocycles. The maximum absolute atomic E-state index is 12.9. The van der Waals surface area contributed by atoms with Crippen LogP contribution >= 0.6 is 15.9 Å². The number of sulfone groups is 1. The summed E-state index contributed by atoms with van der Waals surface area (Å²) in [4.78, 5) is 6.06. The minimum absolute atomic E-state index is 0.0892. The SMILES string of the molecule is CN(C)c1oc(-c2cccc(Br)c2)nc1S(=O)(=O)c1ccccc1. The summed E-state index contributed by atoms with van der Waals surface area (Å²) in [5.74, 6) is 0.461. The molecule has 0 aliphatic carbocycles. The summed E-state index contributed by atoms with van der Waals surface area (Å²) in [5, 5.41) is -0.0892. The van der Waals surface area contributed by atoms with E-state index in [1.54, 1.807) is 49.3 Å². The van der Waals surface area contributed by atoms with Gasteiger partial charge in [0, 0.05) is 24.1 Å². The van der Waals surface area contributed by atoms with Gasteiger partial charge in [-0.25, -0.2) is 8.42 Å². The molecule has 0 atom stereocenters. The summed E-state index contributed by atoms with van der Waals surface area (Å²) < 4.78 is 32.4. The Hall–Kier alpha value is -2.12. The third-order valence-corrected chi connectivity index (χ3v) is 5.53. The van der Waals surface area contributed by atoms with Crippen LogP contribution in [0, 0.1) is 0 Å². The van der Waals surface area contributed by atoms with Crippen LogP contribution < -0.4 is 4.90 Å². The molecule has 0 aliphatic rings. The van der Waals surface area contributed by atoms with Crippen LogP contribution in [-0.2, 0) is 9.84 Å². The van der Waals surface area contributed by atoms with Gasteiger partial charge in [-0.3, -0.25) is 0 Å². The van der Waals surface area contributed by atoms with Crippen molar-refractivity contribution < 1.29 is 12.8 Å². The molecule has 1 aromatic heterocycles. The summed E-state index contributed by atoms with van der Waals surface area (Å²) in [5.41, 5.74) is 0.696. The molecule has 0 unspecified atom stereocenters. The van der Waals surface area contributed by atoms with Gasteiger partial charge < -0.3 is 9.32 Å². The van der Waals surface area contributed by atoms with Gasteiger partial charge in [0.05, 0.1) is 4.90 Å². The lowest BCUT2D eigenvalue weighted by atomic mass is 10.2. The Morgan fingerprint density at radius 3 is 2.38 bits per heavy atom. The highest BCUT2D eigenvalue weighted by atomic mass is 79.9. The number of rotatable bonds is 4. The second-order valence-corrected chi connectivity index (χ2v) is 8.13. The molecule has 3 rings (SSSR count). The van der Waals surface area contributed by atoms with E-state index in [1.807, 2.05) is 24.3 Å². The van der Waals surface area contributed by atoms with E-state index in [-0.39, 0.29) is 21.7 Å². The minimum atomic E-state index is -3.77. The first kappa shape index (κ1) is 16.7. The van der Waals surface area contributed by atoms with Crippen molar-refractivity contribution in [3.8, 4) is 11.5 Å².